The lowest BCUT2D eigenvalue weighted by Gasteiger charge is -2.19. The predicted octanol–water partition coefficient (Wildman–Crippen LogP) is 2.71. The van der Waals surface area contributed by atoms with Crippen molar-refractivity contribution in [2.24, 2.45) is 5.92 Å². The lowest BCUT2D eigenvalue weighted by atomic mass is 9.86. The lowest BCUT2D eigenvalue weighted by Crippen LogP contribution is -2.07. The molecule has 0 saturated carbocycles. The maximum atomic E-state index is 10.5. The van der Waals surface area contributed by atoms with Crippen LogP contribution in [0.1, 0.15) is 39.5 Å². The largest absolute Gasteiger partial charge is 0.303 e. The van der Waals surface area contributed by atoms with Gasteiger partial charge in [0, 0.05) is 5.92 Å². The van der Waals surface area contributed by atoms with Crippen molar-refractivity contribution in [3.8, 4) is 0 Å². The highest BCUT2D eigenvalue weighted by Crippen LogP contribution is 2.28. The van der Waals surface area contributed by atoms with E-state index in [9.17, 15) is 4.79 Å². The summed E-state index contributed by atoms with van der Waals surface area (Å²) < 4.78 is 0. The van der Waals surface area contributed by atoms with E-state index in [4.69, 9.17) is 0 Å². The SMILES string of the molecule is CC1=C(C(C)C=O)CCCC1. The van der Waals surface area contributed by atoms with Crippen LogP contribution in [0.4, 0.5) is 0 Å². The van der Waals surface area contributed by atoms with E-state index in [2.05, 4.69) is 6.92 Å². The molecular weight excluding hydrogens is 136 g/mol. The van der Waals surface area contributed by atoms with Gasteiger partial charge < -0.3 is 4.79 Å². The topological polar surface area (TPSA) is 17.1 Å². The fraction of sp³-hybridized carbons (Fsp3) is 0.700. The second-order valence-corrected chi connectivity index (χ2v) is 3.44. The smallest absolute Gasteiger partial charge is 0.126 e. The van der Waals surface area contributed by atoms with Crippen LogP contribution in [-0.4, -0.2) is 6.29 Å². The molecule has 0 aromatic rings. The molecule has 0 heterocycles. The molecular formula is C10H16O. The molecule has 11 heavy (non-hydrogen) atoms. The maximum absolute atomic E-state index is 10.5. The van der Waals surface area contributed by atoms with E-state index in [0.717, 1.165) is 12.7 Å². The summed E-state index contributed by atoms with van der Waals surface area (Å²) >= 11 is 0. The highest BCUT2D eigenvalue weighted by molar-refractivity contribution is 5.58. The van der Waals surface area contributed by atoms with E-state index >= 15 is 0 Å². The quantitative estimate of drug-likeness (QED) is 0.439. The molecule has 0 aromatic heterocycles. The Hall–Kier alpha value is -0.590. The Bertz CT molecular complexity index is 179. The molecule has 0 aliphatic heterocycles. The van der Waals surface area contributed by atoms with Crippen LogP contribution in [-0.2, 0) is 4.79 Å². The van der Waals surface area contributed by atoms with Gasteiger partial charge in [0.25, 0.3) is 0 Å². The first-order chi connectivity index (χ1) is 5.25. The Morgan fingerprint density at radius 3 is 2.55 bits per heavy atom. The summed E-state index contributed by atoms with van der Waals surface area (Å²) in [4.78, 5) is 10.5. The highest BCUT2D eigenvalue weighted by atomic mass is 16.1. The average molecular weight is 152 g/mol. The first-order valence-corrected chi connectivity index (χ1v) is 4.39. The van der Waals surface area contributed by atoms with Crippen LogP contribution in [0.15, 0.2) is 11.1 Å². The first-order valence-electron chi connectivity index (χ1n) is 4.39. The normalized spacial score (nSPS) is 21.6. The Balaban J connectivity index is 2.73. The van der Waals surface area contributed by atoms with E-state index < -0.39 is 0 Å². The van der Waals surface area contributed by atoms with E-state index in [1.54, 1.807) is 0 Å². The summed E-state index contributed by atoms with van der Waals surface area (Å²) in [5, 5.41) is 0. The van der Waals surface area contributed by atoms with Gasteiger partial charge in [0.2, 0.25) is 0 Å². The number of aldehydes is 1. The maximum Gasteiger partial charge on any atom is 0.126 e. The van der Waals surface area contributed by atoms with Crippen molar-refractivity contribution >= 4 is 6.29 Å². The molecule has 1 aliphatic rings. The van der Waals surface area contributed by atoms with Crippen LogP contribution >= 0.6 is 0 Å². The van der Waals surface area contributed by atoms with Crippen molar-refractivity contribution < 1.29 is 4.79 Å². The summed E-state index contributed by atoms with van der Waals surface area (Å²) in [6.07, 6.45) is 5.98. The molecule has 1 atom stereocenters. The van der Waals surface area contributed by atoms with Crippen molar-refractivity contribution in [1.29, 1.82) is 0 Å². The number of carbonyl (C=O) groups is 1. The van der Waals surface area contributed by atoms with Gasteiger partial charge in [-0.15, -0.1) is 0 Å². The number of rotatable bonds is 2. The molecule has 0 bridgehead atoms. The van der Waals surface area contributed by atoms with Crippen LogP contribution < -0.4 is 0 Å². The van der Waals surface area contributed by atoms with E-state index in [1.165, 1.54) is 30.4 Å². The van der Waals surface area contributed by atoms with Crippen LogP contribution in [0.25, 0.3) is 0 Å². The minimum atomic E-state index is 0.162. The fourth-order valence-electron chi connectivity index (χ4n) is 1.78. The molecule has 0 N–H and O–H groups in total. The third-order valence-corrected chi connectivity index (χ3v) is 2.55. The van der Waals surface area contributed by atoms with Crippen molar-refractivity contribution in [3.63, 3.8) is 0 Å². The van der Waals surface area contributed by atoms with Crippen molar-refractivity contribution in [2.75, 3.05) is 0 Å². The van der Waals surface area contributed by atoms with Gasteiger partial charge in [-0.1, -0.05) is 18.1 Å². The molecule has 0 amide bonds. The average Bonchev–Trinajstić information content (AvgIpc) is 2.04. The van der Waals surface area contributed by atoms with Gasteiger partial charge in [-0.3, -0.25) is 0 Å². The second-order valence-electron chi connectivity index (χ2n) is 3.44. The van der Waals surface area contributed by atoms with Gasteiger partial charge in [-0.2, -0.15) is 0 Å². The molecule has 1 heteroatoms. The summed E-state index contributed by atoms with van der Waals surface area (Å²) in [5.74, 6) is 0.162. The zero-order valence-corrected chi connectivity index (χ0v) is 7.39. The fourth-order valence-corrected chi connectivity index (χ4v) is 1.78. The minimum absolute atomic E-state index is 0.162. The molecule has 1 aliphatic carbocycles. The number of hydrogen-bond donors (Lipinski definition) is 0. The zero-order chi connectivity index (χ0) is 8.27. The minimum Gasteiger partial charge on any atom is -0.303 e. The summed E-state index contributed by atoms with van der Waals surface area (Å²) in [5.41, 5.74) is 2.85. The highest BCUT2D eigenvalue weighted by Gasteiger charge is 2.14. The van der Waals surface area contributed by atoms with E-state index in [0.29, 0.717) is 0 Å². The Morgan fingerprint density at radius 2 is 2.00 bits per heavy atom. The van der Waals surface area contributed by atoms with Gasteiger partial charge in [0.1, 0.15) is 6.29 Å². The zero-order valence-electron chi connectivity index (χ0n) is 7.39. The van der Waals surface area contributed by atoms with Crippen molar-refractivity contribution in [1.82, 2.24) is 0 Å². The molecule has 0 fully saturated rings. The molecule has 1 rings (SSSR count). The number of carbonyl (C=O) groups excluding carboxylic acids is 1. The molecule has 0 spiro atoms. The molecule has 0 saturated heterocycles. The van der Waals surface area contributed by atoms with Gasteiger partial charge in [-0.05, 0) is 32.6 Å². The van der Waals surface area contributed by atoms with Crippen molar-refractivity contribution in [2.45, 2.75) is 39.5 Å². The van der Waals surface area contributed by atoms with Gasteiger partial charge in [0.15, 0.2) is 0 Å². The number of allylic oxidation sites excluding steroid dienone is 2. The summed E-state index contributed by atoms with van der Waals surface area (Å²) in [7, 11) is 0. The molecule has 0 radical (unpaired) electrons. The third kappa shape index (κ3) is 1.92. The molecule has 1 nitrogen and oxygen atoms in total. The second kappa shape index (κ2) is 3.70. The summed E-state index contributed by atoms with van der Waals surface area (Å²) in [6.45, 7) is 4.16. The van der Waals surface area contributed by atoms with Gasteiger partial charge in [-0.25, -0.2) is 0 Å². The Morgan fingerprint density at radius 1 is 1.36 bits per heavy atom. The standard InChI is InChI=1S/C10H16O/c1-8-5-3-4-6-10(8)9(2)7-11/h7,9H,3-6H2,1-2H3. The number of hydrogen-bond acceptors (Lipinski definition) is 1. The molecule has 0 aromatic carbocycles. The van der Waals surface area contributed by atoms with Gasteiger partial charge in [0.05, 0.1) is 0 Å². The van der Waals surface area contributed by atoms with Gasteiger partial charge >= 0.3 is 0 Å². The van der Waals surface area contributed by atoms with E-state index in [1.807, 2.05) is 6.92 Å². The molecule has 62 valence electrons. The third-order valence-electron chi connectivity index (χ3n) is 2.55. The van der Waals surface area contributed by atoms with Crippen LogP contribution in [0, 0.1) is 5.92 Å². The Labute approximate surface area is 68.5 Å². The monoisotopic (exact) mass is 152 g/mol. The van der Waals surface area contributed by atoms with Crippen LogP contribution in [0.2, 0.25) is 0 Å². The first kappa shape index (κ1) is 8.51. The lowest BCUT2D eigenvalue weighted by molar-refractivity contribution is -0.109. The molecule has 1 unspecified atom stereocenters. The van der Waals surface area contributed by atoms with Crippen LogP contribution in [0.3, 0.4) is 0 Å². The predicted molar refractivity (Wildman–Crippen MR) is 46.4 cm³/mol. The summed E-state index contributed by atoms with van der Waals surface area (Å²) in [6, 6.07) is 0. The van der Waals surface area contributed by atoms with Crippen molar-refractivity contribution in [3.05, 3.63) is 11.1 Å². The Kier molecular flexibility index (Phi) is 2.86. The van der Waals surface area contributed by atoms with Crippen LogP contribution in [0.5, 0.6) is 0 Å². The van der Waals surface area contributed by atoms with E-state index in [-0.39, 0.29) is 5.92 Å².